The predicted molar refractivity (Wildman–Crippen MR) is 37.4 cm³/mol. The number of thioether (sulfide) groups is 1. The molecule has 0 bridgehead atoms. The van der Waals surface area contributed by atoms with Gasteiger partial charge >= 0.3 is 0 Å². The van der Waals surface area contributed by atoms with Crippen molar-refractivity contribution >= 4 is 11.8 Å². The molecule has 1 rings (SSSR count). The molecule has 1 fully saturated rings. The first kappa shape index (κ1) is 6.43. The summed E-state index contributed by atoms with van der Waals surface area (Å²) in [6.07, 6.45) is 1.88. The Morgan fingerprint density at radius 3 is 2.88 bits per heavy atom. The highest BCUT2D eigenvalue weighted by Gasteiger charge is 2.16. The molecule has 0 N–H and O–H groups in total. The van der Waals surface area contributed by atoms with Crippen molar-refractivity contribution in [3.05, 3.63) is 0 Å². The molecule has 0 amide bonds. The van der Waals surface area contributed by atoms with Gasteiger partial charge < -0.3 is 4.74 Å². The maximum Gasteiger partial charge on any atom is 0.0687 e. The Balaban J connectivity index is 1.86. The van der Waals surface area contributed by atoms with Crippen molar-refractivity contribution < 1.29 is 4.74 Å². The van der Waals surface area contributed by atoms with E-state index in [1.807, 2.05) is 11.8 Å². The lowest BCUT2D eigenvalue weighted by atomic mass is 10.2. The first-order valence-corrected chi connectivity index (χ1v) is 4.28. The summed E-state index contributed by atoms with van der Waals surface area (Å²) in [5.74, 6) is 2.43. The lowest BCUT2D eigenvalue weighted by Gasteiger charge is -2.25. The Morgan fingerprint density at radius 2 is 2.50 bits per heavy atom. The quantitative estimate of drug-likeness (QED) is 0.576. The molecular weight excluding hydrogens is 120 g/mol. The maximum absolute atomic E-state index is 5.21. The van der Waals surface area contributed by atoms with Crippen LogP contribution in [0.4, 0.5) is 0 Å². The molecule has 0 spiro atoms. The summed E-state index contributed by atoms with van der Waals surface area (Å²) < 4.78 is 5.21. The maximum atomic E-state index is 5.21. The van der Waals surface area contributed by atoms with Gasteiger partial charge in [-0.2, -0.15) is 11.8 Å². The van der Waals surface area contributed by atoms with Crippen molar-refractivity contribution in [3.8, 4) is 0 Å². The molecule has 1 heterocycles. The fourth-order valence-electron chi connectivity index (χ4n) is 0.665. The molecule has 0 aromatic heterocycles. The molecule has 0 aliphatic carbocycles. The molecule has 2 heteroatoms. The molecule has 1 nitrogen and oxygen atoms in total. The monoisotopic (exact) mass is 132 g/mol. The highest BCUT2D eigenvalue weighted by molar-refractivity contribution is 7.99. The van der Waals surface area contributed by atoms with Gasteiger partial charge in [0.15, 0.2) is 0 Å². The Bertz CT molecular complexity index is 61.5. The van der Waals surface area contributed by atoms with Gasteiger partial charge in [-0.1, -0.05) is 6.92 Å². The average molecular weight is 132 g/mol. The smallest absolute Gasteiger partial charge is 0.0687 e. The van der Waals surface area contributed by atoms with Gasteiger partial charge in [0, 0.05) is 12.4 Å². The summed E-state index contributed by atoms with van der Waals surface area (Å²) in [6.45, 7) is 3.18. The largest absolute Gasteiger partial charge is 0.377 e. The molecular formula is C6H12OS. The van der Waals surface area contributed by atoms with Gasteiger partial charge in [0.25, 0.3) is 0 Å². The zero-order valence-electron chi connectivity index (χ0n) is 5.22. The van der Waals surface area contributed by atoms with Crippen LogP contribution in [-0.2, 0) is 4.74 Å². The van der Waals surface area contributed by atoms with E-state index in [1.54, 1.807) is 0 Å². The van der Waals surface area contributed by atoms with Crippen LogP contribution >= 0.6 is 11.8 Å². The van der Waals surface area contributed by atoms with Crippen molar-refractivity contribution in [1.29, 1.82) is 0 Å². The Kier molecular flexibility index (Phi) is 2.70. The minimum atomic E-state index is 0.597. The van der Waals surface area contributed by atoms with Crippen molar-refractivity contribution in [2.75, 3.05) is 18.1 Å². The highest BCUT2D eigenvalue weighted by atomic mass is 32.2. The van der Waals surface area contributed by atoms with E-state index in [0.717, 1.165) is 6.61 Å². The van der Waals surface area contributed by atoms with Gasteiger partial charge in [-0.25, -0.2) is 0 Å². The molecule has 1 unspecified atom stereocenters. The Hall–Kier alpha value is 0.310. The minimum Gasteiger partial charge on any atom is -0.377 e. The van der Waals surface area contributed by atoms with Gasteiger partial charge in [-0.3, -0.25) is 0 Å². The zero-order chi connectivity index (χ0) is 5.82. The lowest BCUT2D eigenvalue weighted by molar-refractivity contribution is -0.0343. The number of rotatable bonds is 3. The van der Waals surface area contributed by atoms with E-state index in [0.29, 0.717) is 6.10 Å². The van der Waals surface area contributed by atoms with Crippen molar-refractivity contribution in [2.24, 2.45) is 0 Å². The van der Waals surface area contributed by atoms with E-state index in [2.05, 4.69) is 6.92 Å². The van der Waals surface area contributed by atoms with E-state index in [-0.39, 0.29) is 0 Å². The van der Waals surface area contributed by atoms with Gasteiger partial charge in [-0.05, 0) is 12.2 Å². The normalized spacial score (nSPS) is 27.4. The summed E-state index contributed by atoms with van der Waals surface area (Å²) in [5, 5.41) is 0. The second-order valence-electron chi connectivity index (χ2n) is 1.94. The van der Waals surface area contributed by atoms with Crippen LogP contribution in [0.3, 0.4) is 0 Å². The third kappa shape index (κ3) is 1.67. The summed E-state index contributed by atoms with van der Waals surface area (Å²) in [5.41, 5.74) is 0. The molecule has 1 aliphatic rings. The summed E-state index contributed by atoms with van der Waals surface area (Å²) in [4.78, 5) is 0. The summed E-state index contributed by atoms with van der Waals surface area (Å²) in [6, 6.07) is 0. The molecule has 0 radical (unpaired) electrons. The van der Waals surface area contributed by atoms with Crippen LogP contribution in [-0.4, -0.2) is 24.2 Å². The van der Waals surface area contributed by atoms with Crippen molar-refractivity contribution in [2.45, 2.75) is 19.4 Å². The number of hydrogen-bond donors (Lipinski definition) is 0. The topological polar surface area (TPSA) is 9.23 Å². The van der Waals surface area contributed by atoms with Crippen LogP contribution in [0.15, 0.2) is 0 Å². The second-order valence-corrected chi connectivity index (χ2v) is 3.26. The molecule has 1 saturated heterocycles. The van der Waals surface area contributed by atoms with E-state index in [1.165, 1.54) is 17.9 Å². The fourth-order valence-corrected chi connectivity index (χ4v) is 1.43. The van der Waals surface area contributed by atoms with Crippen LogP contribution in [0, 0.1) is 0 Å². The molecule has 0 saturated carbocycles. The van der Waals surface area contributed by atoms with Crippen LogP contribution in [0.1, 0.15) is 13.3 Å². The first-order valence-electron chi connectivity index (χ1n) is 3.13. The highest BCUT2D eigenvalue weighted by Crippen LogP contribution is 2.15. The average Bonchev–Trinajstić information content (AvgIpc) is 1.63. The lowest BCUT2D eigenvalue weighted by Crippen LogP contribution is -2.28. The van der Waals surface area contributed by atoms with Crippen LogP contribution < -0.4 is 0 Å². The number of hydrogen-bond acceptors (Lipinski definition) is 2. The van der Waals surface area contributed by atoms with Crippen LogP contribution in [0.25, 0.3) is 0 Å². The van der Waals surface area contributed by atoms with Gasteiger partial charge in [-0.15, -0.1) is 0 Å². The summed E-state index contributed by atoms with van der Waals surface area (Å²) >= 11 is 1.97. The minimum absolute atomic E-state index is 0.597. The summed E-state index contributed by atoms with van der Waals surface area (Å²) in [7, 11) is 0. The van der Waals surface area contributed by atoms with E-state index < -0.39 is 0 Å². The van der Waals surface area contributed by atoms with E-state index in [9.17, 15) is 0 Å². The van der Waals surface area contributed by atoms with Crippen molar-refractivity contribution in [1.82, 2.24) is 0 Å². The predicted octanol–water partition coefficient (Wildman–Crippen LogP) is 1.53. The van der Waals surface area contributed by atoms with Gasteiger partial charge in [0.2, 0.25) is 0 Å². The molecule has 8 heavy (non-hydrogen) atoms. The Labute approximate surface area is 54.8 Å². The molecule has 0 aromatic rings. The standard InChI is InChI=1S/C6H12OS/c1-2-8-5-6-3-4-7-6/h6H,2-5H2,1H3. The molecule has 48 valence electrons. The third-order valence-electron chi connectivity index (χ3n) is 1.30. The van der Waals surface area contributed by atoms with Crippen LogP contribution in [0.2, 0.25) is 0 Å². The van der Waals surface area contributed by atoms with Gasteiger partial charge in [0.05, 0.1) is 6.10 Å². The third-order valence-corrected chi connectivity index (χ3v) is 2.32. The SMILES string of the molecule is CCSCC1CCO1. The number of ether oxygens (including phenoxy) is 1. The van der Waals surface area contributed by atoms with Gasteiger partial charge in [0.1, 0.15) is 0 Å². The van der Waals surface area contributed by atoms with E-state index >= 15 is 0 Å². The van der Waals surface area contributed by atoms with Crippen molar-refractivity contribution in [3.63, 3.8) is 0 Å². The molecule has 0 aromatic carbocycles. The first-order chi connectivity index (χ1) is 3.93. The molecule has 1 atom stereocenters. The fraction of sp³-hybridized carbons (Fsp3) is 1.00. The second kappa shape index (κ2) is 3.36. The Morgan fingerprint density at radius 1 is 1.75 bits per heavy atom. The zero-order valence-corrected chi connectivity index (χ0v) is 6.04. The van der Waals surface area contributed by atoms with E-state index in [4.69, 9.17) is 4.74 Å². The van der Waals surface area contributed by atoms with Crippen LogP contribution in [0.5, 0.6) is 0 Å². The molecule has 1 aliphatic heterocycles.